The lowest BCUT2D eigenvalue weighted by atomic mass is 10.0. The standard InChI is InChI=1S/C14H22N2S/c1-10-6-11(2)14(12(3)7-10)16-4-5-17-13(8-15)9-16/h6-7,13H,4-5,8-9,15H2,1-3H3. The van der Waals surface area contributed by atoms with Gasteiger partial charge in [-0.1, -0.05) is 17.7 Å². The van der Waals surface area contributed by atoms with Crippen LogP contribution in [0.5, 0.6) is 0 Å². The van der Waals surface area contributed by atoms with Crippen molar-refractivity contribution in [1.29, 1.82) is 0 Å². The van der Waals surface area contributed by atoms with Gasteiger partial charge in [0.2, 0.25) is 0 Å². The van der Waals surface area contributed by atoms with Gasteiger partial charge in [0, 0.05) is 36.3 Å². The molecule has 1 aromatic rings. The number of thioether (sulfide) groups is 1. The Hall–Kier alpha value is -0.670. The molecule has 0 saturated carbocycles. The highest BCUT2D eigenvalue weighted by Crippen LogP contribution is 2.30. The summed E-state index contributed by atoms with van der Waals surface area (Å²) in [6.07, 6.45) is 0. The maximum Gasteiger partial charge on any atom is 0.0426 e. The molecule has 1 aliphatic heterocycles. The maximum absolute atomic E-state index is 5.80. The van der Waals surface area contributed by atoms with E-state index >= 15 is 0 Å². The van der Waals surface area contributed by atoms with Crippen molar-refractivity contribution in [2.45, 2.75) is 26.0 Å². The Labute approximate surface area is 109 Å². The number of nitrogens with two attached hydrogens (primary N) is 1. The number of benzene rings is 1. The summed E-state index contributed by atoms with van der Waals surface area (Å²) in [7, 11) is 0. The van der Waals surface area contributed by atoms with Crippen molar-refractivity contribution in [2.24, 2.45) is 5.73 Å². The van der Waals surface area contributed by atoms with E-state index in [9.17, 15) is 0 Å². The lowest BCUT2D eigenvalue weighted by Crippen LogP contribution is -2.41. The van der Waals surface area contributed by atoms with Gasteiger partial charge in [0.1, 0.15) is 0 Å². The predicted octanol–water partition coefficient (Wildman–Crippen LogP) is 2.49. The SMILES string of the molecule is Cc1cc(C)c(N2CCSC(CN)C2)c(C)c1. The molecule has 1 fully saturated rings. The summed E-state index contributed by atoms with van der Waals surface area (Å²) in [6.45, 7) is 9.62. The van der Waals surface area contributed by atoms with E-state index in [4.69, 9.17) is 5.73 Å². The van der Waals surface area contributed by atoms with Gasteiger partial charge in [0.05, 0.1) is 0 Å². The summed E-state index contributed by atoms with van der Waals surface area (Å²) in [6, 6.07) is 4.56. The van der Waals surface area contributed by atoms with Gasteiger partial charge in [-0.25, -0.2) is 0 Å². The average Bonchev–Trinajstić information content (AvgIpc) is 2.28. The first-order valence-electron chi connectivity index (χ1n) is 6.26. The topological polar surface area (TPSA) is 29.3 Å². The third-order valence-corrected chi connectivity index (χ3v) is 4.58. The quantitative estimate of drug-likeness (QED) is 0.874. The normalized spacial score (nSPS) is 20.7. The molecule has 1 atom stereocenters. The van der Waals surface area contributed by atoms with E-state index in [1.165, 1.54) is 28.1 Å². The number of hydrogen-bond donors (Lipinski definition) is 1. The molecule has 1 heterocycles. The van der Waals surface area contributed by atoms with Crippen molar-refractivity contribution in [3.63, 3.8) is 0 Å². The molecule has 0 bridgehead atoms. The zero-order valence-corrected chi connectivity index (χ0v) is 11.8. The van der Waals surface area contributed by atoms with Crippen LogP contribution in [-0.2, 0) is 0 Å². The van der Waals surface area contributed by atoms with Gasteiger partial charge in [-0.05, 0) is 31.9 Å². The molecule has 0 amide bonds. The van der Waals surface area contributed by atoms with Gasteiger partial charge in [0.25, 0.3) is 0 Å². The molecule has 0 aromatic heterocycles. The summed E-state index contributed by atoms with van der Waals surface area (Å²) < 4.78 is 0. The van der Waals surface area contributed by atoms with Gasteiger partial charge in [-0.2, -0.15) is 11.8 Å². The van der Waals surface area contributed by atoms with E-state index in [2.05, 4.69) is 37.8 Å². The molecule has 2 nitrogen and oxygen atoms in total. The van der Waals surface area contributed by atoms with Crippen LogP contribution in [0.3, 0.4) is 0 Å². The summed E-state index contributed by atoms with van der Waals surface area (Å²) in [4.78, 5) is 2.51. The fourth-order valence-corrected chi connectivity index (χ4v) is 3.82. The minimum absolute atomic E-state index is 0.587. The van der Waals surface area contributed by atoms with E-state index in [0.29, 0.717) is 5.25 Å². The van der Waals surface area contributed by atoms with E-state index in [0.717, 1.165) is 19.6 Å². The van der Waals surface area contributed by atoms with E-state index in [1.807, 2.05) is 11.8 Å². The first kappa shape index (κ1) is 12.8. The van der Waals surface area contributed by atoms with Crippen LogP contribution in [0.1, 0.15) is 16.7 Å². The molecule has 0 aliphatic carbocycles. The molecule has 3 heteroatoms. The molecule has 2 rings (SSSR count). The highest BCUT2D eigenvalue weighted by atomic mass is 32.2. The molecule has 1 saturated heterocycles. The second-order valence-corrected chi connectivity index (χ2v) is 6.33. The number of nitrogens with zero attached hydrogens (tertiary/aromatic N) is 1. The third kappa shape index (κ3) is 2.78. The van der Waals surface area contributed by atoms with Crippen LogP contribution in [0.15, 0.2) is 12.1 Å². The lowest BCUT2D eigenvalue weighted by Gasteiger charge is -2.35. The molecule has 1 aromatic carbocycles. The van der Waals surface area contributed by atoms with Gasteiger partial charge in [0.15, 0.2) is 0 Å². The molecule has 1 unspecified atom stereocenters. The first-order valence-corrected chi connectivity index (χ1v) is 7.31. The highest BCUT2D eigenvalue weighted by molar-refractivity contribution is 8.00. The molecule has 17 heavy (non-hydrogen) atoms. The second kappa shape index (κ2) is 5.32. The fourth-order valence-electron chi connectivity index (χ4n) is 2.74. The van der Waals surface area contributed by atoms with Crippen LogP contribution in [0.2, 0.25) is 0 Å². The van der Waals surface area contributed by atoms with E-state index in [1.54, 1.807) is 0 Å². The molecule has 0 radical (unpaired) electrons. The number of anilines is 1. The van der Waals surface area contributed by atoms with Crippen molar-refractivity contribution >= 4 is 17.4 Å². The fraction of sp³-hybridized carbons (Fsp3) is 0.571. The Morgan fingerprint density at radius 2 is 1.94 bits per heavy atom. The van der Waals surface area contributed by atoms with Crippen LogP contribution in [0.25, 0.3) is 0 Å². The Bertz CT molecular complexity index is 380. The summed E-state index contributed by atoms with van der Waals surface area (Å²) in [5, 5.41) is 0.587. The van der Waals surface area contributed by atoms with Crippen LogP contribution in [0, 0.1) is 20.8 Å². The number of aryl methyl sites for hydroxylation is 3. The van der Waals surface area contributed by atoms with Crippen LogP contribution < -0.4 is 10.6 Å². The molecular formula is C14H22N2S. The minimum atomic E-state index is 0.587. The average molecular weight is 250 g/mol. The zero-order valence-electron chi connectivity index (χ0n) is 11.0. The summed E-state index contributed by atoms with van der Waals surface area (Å²) in [5.74, 6) is 1.19. The zero-order chi connectivity index (χ0) is 12.4. The smallest absolute Gasteiger partial charge is 0.0426 e. The van der Waals surface area contributed by atoms with Gasteiger partial charge in [-0.3, -0.25) is 0 Å². The van der Waals surface area contributed by atoms with Gasteiger partial charge < -0.3 is 10.6 Å². The second-order valence-electron chi connectivity index (χ2n) is 4.92. The molecule has 1 aliphatic rings. The van der Waals surface area contributed by atoms with Crippen molar-refractivity contribution in [1.82, 2.24) is 0 Å². The monoisotopic (exact) mass is 250 g/mol. The minimum Gasteiger partial charge on any atom is -0.369 e. The molecule has 2 N–H and O–H groups in total. The van der Waals surface area contributed by atoms with E-state index < -0.39 is 0 Å². The third-order valence-electron chi connectivity index (χ3n) is 3.35. The van der Waals surface area contributed by atoms with Crippen molar-refractivity contribution in [3.8, 4) is 0 Å². The Morgan fingerprint density at radius 1 is 1.29 bits per heavy atom. The highest BCUT2D eigenvalue weighted by Gasteiger charge is 2.21. The number of hydrogen-bond acceptors (Lipinski definition) is 3. The maximum atomic E-state index is 5.80. The van der Waals surface area contributed by atoms with Crippen molar-refractivity contribution in [2.75, 3.05) is 30.3 Å². The summed E-state index contributed by atoms with van der Waals surface area (Å²) in [5.41, 5.74) is 11.4. The summed E-state index contributed by atoms with van der Waals surface area (Å²) >= 11 is 2.01. The van der Waals surface area contributed by atoms with Crippen LogP contribution >= 0.6 is 11.8 Å². The lowest BCUT2D eigenvalue weighted by molar-refractivity contribution is 0.744. The Balaban J connectivity index is 2.27. The molecular weight excluding hydrogens is 228 g/mol. The van der Waals surface area contributed by atoms with Crippen LogP contribution in [0.4, 0.5) is 5.69 Å². The Morgan fingerprint density at radius 3 is 2.53 bits per heavy atom. The molecule has 0 spiro atoms. The van der Waals surface area contributed by atoms with Gasteiger partial charge >= 0.3 is 0 Å². The largest absolute Gasteiger partial charge is 0.369 e. The first-order chi connectivity index (χ1) is 8.11. The predicted molar refractivity (Wildman–Crippen MR) is 78.2 cm³/mol. The molecule has 94 valence electrons. The van der Waals surface area contributed by atoms with Crippen LogP contribution in [-0.4, -0.2) is 30.6 Å². The van der Waals surface area contributed by atoms with Gasteiger partial charge in [-0.15, -0.1) is 0 Å². The van der Waals surface area contributed by atoms with Crippen molar-refractivity contribution in [3.05, 3.63) is 28.8 Å². The van der Waals surface area contributed by atoms with E-state index in [-0.39, 0.29) is 0 Å². The Kier molecular flexibility index (Phi) is 4.00. The van der Waals surface area contributed by atoms with Crippen molar-refractivity contribution < 1.29 is 0 Å². The number of rotatable bonds is 2.